The van der Waals surface area contributed by atoms with Crippen LogP contribution in [0.15, 0.2) is 36.4 Å². The molecule has 0 bridgehead atoms. The molecule has 1 saturated heterocycles. The summed E-state index contributed by atoms with van der Waals surface area (Å²) < 4.78 is 6.93. The van der Waals surface area contributed by atoms with Crippen LogP contribution in [0.4, 0.5) is 11.5 Å². The molecule has 3 heterocycles. The van der Waals surface area contributed by atoms with Crippen LogP contribution < -0.4 is 19.6 Å². The number of aromatic nitrogens is 4. The zero-order chi connectivity index (χ0) is 19.5. The van der Waals surface area contributed by atoms with E-state index in [4.69, 9.17) is 4.74 Å². The normalized spacial score (nSPS) is 14.5. The van der Waals surface area contributed by atoms with Crippen molar-refractivity contribution in [2.45, 2.75) is 12.8 Å². The molecule has 0 saturated carbocycles. The van der Waals surface area contributed by atoms with Crippen LogP contribution in [0.2, 0.25) is 0 Å². The minimum atomic E-state index is -1.11. The average molecular weight is 381 g/mol. The summed E-state index contributed by atoms with van der Waals surface area (Å²) in [6.45, 7) is 3.39. The first kappa shape index (κ1) is 18.0. The average Bonchev–Trinajstić information content (AvgIpc) is 3.14. The molecule has 0 unspecified atom stereocenters. The van der Waals surface area contributed by atoms with Crippen molar-refractivity contribution in [1.29, 1.82) is 0 Å². The molecule has 2 aromatic heterocycles. The van der Waals surface area contributed by atoms with Gasteiger partial charge in [-0.25, -0.2) is 0 Å². The number of rotatable bonds is 6. The minimum absolute atomic E-state index is 0.105. The molecular weight excluding hydrogens is 360 g/mol. The SMILES string of the molecule is COc1cccc(N2CCN(c3ccc4nnc(CCC(=O)[O-])n4n3)CC2)c1. The lowest BCUT2D eigenvalue weighted by Crippen LogP contribution is -2.47. The van der Waals surface area contributed by atoms with Crippen LogP contribution in [0, 0.1) is 0 Å². The van der Waals surface area contributed by atoms with Gasteiger partial charge >= 0.3 is 0 Å². The van der Waals surface area contributed by atoms with Crippen molar-refractivity contribution in [3.8, 4) is 5.75 Å². The highest BCUT2D eigenvalue weighted by atomic mass is 16.5. The molecule has 0 radical (unpaired) electrons. The largest absolute Gasteiger partial charge is 0.550 e. The van der Waals surface area contributed by atoms with E-state index in [1.54, 1.807) is 11.6 Å². The number of anilines is 2. The van der Waals surface area contributed by atoms with Gasteiger partial charge in [0, 0.05) is 50.3 Å². The van der Waals surface area contributed by atoms with Crippen molar-refractivity contribution < 1.29 is 14.6 Å². The molecule has 1 aliphatic rings. The van der Waals surface area contributed by atoms with Gasteiger partial charge in [0.05, 0.1) is 7.11 Å². The second-order valence-electron chi connectivity index (χ2n) is 6.63. The maximum absolute atomic E-state index is 10.7. The first-order valence-corrected chi connectivity index (χ1v) is 9.19. The smallest absolute Gasteiger partial charge is 0.178 e. The molecule has 1 aliphatic heterocycles. The molecule has 0 amide bonds. The molecule has 3 aromatic rings. The summed E-state index contributed by atoms with van der Waals surface area (Å²) in [5.74, 6) is 1.09. The van der Waals surface area contributed by atoms with Gasteiger partial charge in [-0.3, -0.25) is 0 Å². The minimum Gasteiger partial charge on any atom is -0.550 e. The Balaban J connectivity index is 1.47. The summed E-state index contributed by atoms with van der Waals surface area (Å²) >= 11 is 0. The fourth-order valence-electron chi connectivity index (χ4n) is 3.36. The number of carbonyl (C=O) groups excluding carboxylic acids is 1. The molecule has 9 heteroatoms. The number of piperazine rings is 1. The molecular formula is C19H21N6O3-. The van der Waals surface area contributed by atoms with E-state index in [0.29, 0.717) is 11.5 Å². The maximum Gasteiger partial charge on any atom is 0.178 e. The van der Waals surface area contributed by atoms with Crippen molar-refractivity contribution in [3.63, 3.8) is 0 Å². The van der Waals surface area contributed by atoms with E-state index in [1.807, 2.05) is 30.3 Å². The number of carboxylic acid groups (broad SMARTS) is 1. The van der Waals surface area contributed by atoms with E-state index in [-0.39, 0.29) is 12.8 Å². The number of aliphatic carboxylic acids is 1. The number of ether oxygens (including phenoxy) is 1. The number of benzene rings is 1. The third-order valence-electron chi connectivity index (χ3n) is 4.89. The number of aryl methyl sites for hydroxylation is 1. The Labute approximate surface area is 162 Å². The fraction of sp³-hybridized carbons (Fsp3) is 0.368. The number of hydrogen-bond acceptors (Lipinski definition) is 8. The van der Waals surface area contributed by atoms with Crippen LogP contribution in [0.3, 0.4) is 0 Å². The van der Waals surface area contributed by atoms with Crippen molar-refractivity contribution in [2.24, 2.45) is 0 Å². The van der Waals surface area contributed by atoms with Gasteiger partial charge in [-0.05, 0) is 30.7 Å². The molecule has 0 spiro atoms. The topological polar surface area (TPSA) is 98.9 Å². The fourth-order valence-corrected chi connectivity index (χ4v) is 3.36. The first-order chi connectivity index (χ1) is 13.6. The molecule has 0 atom stereocenters. The predicted molar refractivity (Wildman–Crippen MR) is 102 cm³/mol. The van der Waals surface area contributed by atoms with Crippen LogP contribution >= 0.6 is 0 Å². The maximum atomic E-state index is 10.7. The third kappa shape index (κ3) is 3.68. The summed E-state index contributed by atoms with van der Waals surface area (Å²) in [7, 11) is 1.67. The van der Waals surface area contributed by atoms with E-state index >= 15 is 0 Å². The van der Waals surface area contributed by atoms with Gasteiger partial charge < -0.3 is 24.4 Å². The monoisotopic (exact) mass is 381 g/mol. The Kier molecular flexibility index (Phi) is 4.96. The molecule has 9 nitrogen and oxygen atoms in total. The first-order valence-electron chi connectivity index (χ1n) is 9.19. The number of hydrogen-bond donors (Lipinski definition) is 0. The van der Waals surface area contributed by atoms with Crippen LogP contribution in [0.1, 0.15) is 12.2 Å². The molecule has 1 aromatic carbocycles. The van der Waals surface area contributed by atoms with E-state index in [2.05, 4.69) is 31.2 Å². The van der Waals surface area contributed by atoms with E-state index < -0.39 is 5.97 Å². The molecule has 4 rings (SSSR count). The van der Waals surface area contributed by atoms with Gasteiger partial charge in [0.2, 0.25) is 0 Å². The zero-order valence-corrected chi connectivity index (χ0v) is 15.6. The Hall–Kier alpha value is -3.36. The van der Waals surface area contributed by atoms with Crippen molar-refractivity contribution in [3.05, 3.63) is 42.2 Å². The van der Waals surface area contributed by atoms with E-state index in [9.17, 15) is 9.90 Å². The van der Waals surface area contributed by atoms with Crippen molar-refractivity contribution in [2.75, 3.05) is 43.1 Å². The Morgan fingerprint density at radius 3 is 2.64 bits per heavy atom. The number of nitrogens with zero attached hydrogens (tertiary/aromatic N) is 6. The van der Waals surface area contributed by atoms with Crippen LogP contribution in [0.25, 0.3) is 5.65 Å². The van der Waals surface area contributed by atoms with Crippen molar-refractivity contribution >= 4 is 23.1 Å². The highest BCUT2D eigenvalue weighted by Gasteiger charge is 2.20. The van der Waals surface area contributed by atoms with Crippen LogP contribution in [-0.2, 0) is 11.2 Å². The molecule has 146 valence electrons. The Morgan fingerprint density at radius 1 is 1.11 bits per heavy atom. The highest BCUT2D eigenvalue weighted by Crippen LogP contribution is 2.23. The number of carboxylic acids is 1. The lowest BCUT2D eigenvalue weighted by molar-refractivity contribution is -0.305. The summed E-state index contributed by atoms with van der Waals surface area (Å²) in [5, 5.41) is 23.4. The lowest BCUT2D eigenvalue weighted by Gasteiger charge is -2.36. The molecule has 28 heavy (non-hydrogen) atoms. The second-order valence-corrected chi connectivity index (χ2v) is 6.63. The summed E-state index contributed by atoms with van der Waals surface area (Å²) in [5.41, 5.74) is 1.75. The van der Waals surface area contributed by atoms with E-state index in [1.165, 1.54) is 0 Å². The number of carbonyl (C=O) groups is 1. The van der Waals surface area contributed by atoms with Crippen LogP contribution in [0.5, 0.6) is 5.75 Å². The Bertz CT molecular complexity index is 981. The lowest BCUT2D eigenvalue weighted by atomic mass is 10.2. The van der Waals surface area contributed by atoms with Crippen LogP contribution in [-0.4, -0.2) is 59.1 Å². The van der Waals surface area contributed by atoms with Gasteiger partial charge in [0.25, 0.3) is 0 Å². The third-order valence-corrected chi connectivity index (χ3v) is 4.89. The summed E-state index contributed by atoms with van der Waals surface area (Å²) in [4.78, 5) is 15.3. The molecule has 0 N–H and O–H groups in total. The zero-order valence-electron chi connectivity index (χ0n) is 15.6. The summed E-state index contributed by atoms with van der Waals surface area (Å²) in [6.07, 6.45) is 0.134. The van der Waals surface area contributed by atoms with Gasteiger partial charge in [-0.15, -0.1) is 15.3 Å². The standard InChI is InChI=1S/C19H22N6O3/c1-28-15-4-2-3-14(13-15)23-9-11-24(12-10-23)18-6-5-16-20-21-17(25(16)22-18)7-8-19(26)27/h2-6,13H,7-12H2,1H3,(H,26,27)/p-1. The van der Waals surface area contributed by atoms with Gasteiger partial charge in [0.15, 0.2) is 11.5 Å². The highest BCUT2D eigenvalue weighted by molar-refractivity contribution is 5.64. The number of fused-ring (bicyclic) bond motifs is 1. The second kappa shape index (κ2) is 7.71. The quantitative estimate of drug-likeness (QED) is 0.595. The van der Waals surface area contributed by atoms with E-state index in [0.717, 1.165) is 43.4 Å². The van der Waals surface area contributed by atoms with Gasteiger partial charge in [-0.1, -0.05) is 6.07 Å². The molecule has 1 fully saturated rings. The Morgan fingerprint density at radius 2 is 1.89 bits per heavy atom. The van der Waals surface area contributed by atoms with Gasteiger partial charge in [0.1, 0.15) is 11.6 Å². The van der Waals surface area contributed by atoms with Gasteiger partial charge in [-0.2, -0.15) is 4.52 Å². The number of methoxy groups -OCH3 is 1. The van der Waals surface area contributed by atoms with Crippen molar-refractivity contribution in [1.82, 2.24) is 19.8 Å². The molecule has 0 aliphatic carbocycles. The summed E-state index contributed by atoms with van der Waals surface area (Å²) in [6, 6.07) is 11.8. The predicted octanol–water partition coefficient (Wildman–Crippen LogP) is 0.142.